The Hall–Kier alpha value is -3.73. The fourth-order valence-corrected chi connectivity index (χ4v) is 5.42. The molecule has 1 saturated heterocycles. The Bertz CT molecular complexity index is 1500. The molecule has 0 aliphatic carbocycles. The highest BCUT2D eigenvalue weighted by Crippen LogP contribution is 2.41. The molecule has 2 aromatic carbocycles. The molecule has 4 aromatic rings. The molecule has 0 amide bonds. The van der Waals surface area contributed by atoms with E-state index in [1.807, 2.05) is 48.5 Å². The largest absolute Gasteiger partial charge is 0.421 e. The topological polar surface area (TPSA) is 66.4 Å². The molecule has 1 fully saturated rings. The molecule has 2 aliphatic heterocycles. The number of hydrogen-bond acceptors (Lipinski definition) is 7. The van der Waals surface area contributed by atoms with E-state index in [1.165, 1.54) is 10.6 Å². The van der Waals surface area contributed by atoms with Crippen LogP contribution < -0.4 is 10.4 Å². The SMILES string of the molecule is FC(F)(F)c1cnc(Nc2ccc3c(n2)CCN(Cc2ccc(CCl)cc2)C3)nc1N1OCC[C@H]1c1ccccc1. The van der Waals surface area contributed by atoms with Gasteiger partial charge in [-0.1, -0.05) is 60.7 Å². The first-order valence-electron chi connectivity index (χ1n) is 13.4. The lowest BCUT2D eigenvalue weighted by atomic mass is 10.0. The number of anilines is 3. The van der Waals surface area contributed by atoms with Crippen LogP contribution in [0, 0.1) is 0 Å². The first-order valence-corrected chi connectivity index (χ1v) is 13.9. The van der Waals surface area contributed by atoms with E-state index in [9.17, 15) is 13.2 Å². The molecule has 4 heterocycles. The van der Waals surface area contributed by atoms with Crippen molar-refractivity contribution in [3.8, 4) is 0 Å². The fraction of sp³-hybridized carbons (Fsp3) is 0.300. The van der Waals surface area contributed by atoms with Gasteiger partial charge in [-0.15, -0.1) is 11.6 Å². The zero-order valence-electron chi connectivity index (χ0n) is 22.1. The molecule has 212 valence electrons. The van der Waals surface area contributed by atoms with Gasteiger partial charge in [-0.25, -0.2) is 15.0 Å². The van der Waals surface area contributed by atoms with Crippen molar-refractivity contribution in [2.24, 2.45) is 0 Å². The molecule has 11 heteroatoms. The van der Waals surface area contributed by atoms with Crippen LogP contribution in [0.1, 0.15) is 46.0 Å². The lowest BCUT2D eigenvalue weighted by Crippen LogP contribution is -2.30. The average molecular weight is 581 g/mol. The minimum Gasteiger partial charge on any atom is -0.309 e. The normalized spacial score (nSPS) is 17.5. The van der Waals surface area contributed by atoms with Crippen LogP contribution in [0.15, 0.2) is 72.9 Å². The van der Waals surface area contributed by atoms with Gasteiger partial charge in [-0.05, 0) is 28.3 Å². The molecule has 0 radical (unpaired) electrons. The molecular weight excluding hydrogens is 553 g/mol. The summed E-state index contributed by atoms with van der Waals surface area (Å²) in [7, 11) is 0. The van der Waals surface area contributed by atoms with Gasteiger partial charge in [-0.3, -0.25) is 9.74 Å². The van der Waals surface area contributed by atoms with E-state index in [-0.39, 0.29) is 18.4 Å². The smallest absolute Gasteiger partial charge is 0.309 e. The number of rotatable bonds is 7. The number of pyridine rings is 1. The van der Waals surface area contributed by atoms with Crippen molar-refractivity contribution in [2.75, 3.05) is 23.5 Å². The molecule has 7 nitrogen and oxygen atoms in total. The van der Waals surface area contributed by atoms with Crippen LogP contribution in [0.2, 0.25) is 0 Å². The summed E-state index contributed by atoms with van der Waals surface area (Å²) < 4.78 is 41.9. The molecule has 1 atom stereocenters. The molecular formula is C30H28ClF3N6O. The summed E-state index contributed by atoms with van der Waals surface area (Å²) in [4.78, 5) is 21.0. The fourth-order valence-electron chi connectivity index (χ4n) is 5.24. The highest BCUT2D eigenvalue weighted by Gasteiger charge is 2.40. The minimum absolute atomic E-state index is 0.0144. The Labute approximate surface area is 240 Å². The van der Waals surface area contributed by atoms with Crippen LogP contribution in [0.25, 0.3) is 0 Å². The van der Waals surface area contributed by atoms with Crippen LogP contribution >= 0.6 is 11.6 Å². The summed E-state index contributed by atoms with van der Waals surface area (Å²) in [6.07, 6.45) is -2.56. The van der Waals surface area contributed by atoms with Gasteiger partial charge in [0.15, 0.2) is 5.82 Å². The minimum atomic E-state index is -4.65. The quantitative estimate of drug-likeness (QED) is 0.241. The monoisotopic (exact) mass is 580 g/mol. The van der Waals surface area contributed by atoms with Gasteiger partial charge in [0, 0.05) is 50.2 Å². The average Bonchev–Trinajstić information content (AvgIpc) is 3.48. The van der Waals surface area contributed by atoms with E-state index in [0.717, 1.165) is 54.6 Å². The van der Waals surface area contributed by atoms with Crippen molar-refractivity contribution < 1.29 is 18.0 Å². The summed E-state index contributed by atoms with van der Waals surface area (Å²) in [6, 6.07) is 21.0. The third kappa shape index (κ3) is 6.14. The molecule has 2 aromatic heterocycles. The van der Waals surface area contributed by atoms with Gasteiger partial charge in [0.25, 0.3) is 0 Å². The highest BCUT2D eigenvalue weighted by molar-refractivity contribution is 6.17. The maximum atomic E-state index is 14.0. The van der Waals surface area contributed by atoms with Gasteiger partial charge in [0.05, 0.1) is 12.6 Å². The molecule has 0 spiro atoms. The maximum absolute atomic E-state index is 14.0. The number of aromatic nitrogens is 3. The molecule has 2 aliphatic rings. The number of benzene rings is 2. The number of nitrogens with one attached hydrogen (secondary N) is 1. The summed E-state index contributed by atoms with van der Waals surface area (Å²) in [6.45, 7) is 2.71. The van der Waals surface area contributed by atoms with Crippen molar-refractivity contribution in [3.05, 3.63) is 106 Å². The molecule has 1 N–H and O–H groups in total. The third-order valence-corrected chi connectivity index (χ3v) is 7.63. The van der Waals surface area contributed by atoms with Crippen molar-refractivity contribution in [1.29, 1.82) is 0 Å². The molecule has 0 saturated carbocycles. The van der Waals surface area contributed by atoms with E-state index < -0.39 is 17.8 Å². The zero-order valence-corrected chi connectivity index (χ0v) is 22.9. The van der Waals surface area contributed by atoms with Crippen molar-refractivity contribution in [2.45, 2.75) is 44.0 Å². The van der Waals surface area contributed by atoms with Crippen LogP contribution in [-0.4, -0.2) is 33.0 Å². The highest BCUT2D eigenvalue weighted by atomic mass is 35.5. The maximum Gasteiger partial charge on any atom is 0.421 e. The number of fused-ring (bicyclic) bond motifs is 1. The number of hydrogen-bond donors (Lipinski definition) is 1. The van der Waals surface area contributed by atoms with E-state index in [2.05, 4.69) is 32.3 Å². The van der Waals surface area contributed by atoms with Gasteiger partial charge in [0.1, 0.15) is 11.4 Å². The standard InChI is InChI=1S/C30H28ClF3N6O/c31-16-20-6-8-21(9-7-20)18-39-14-12-25-23(19-39)10-11-27(36-25)37-29-35-17-24(30(32,33)34)28(38-29)40-26(13-15-41-40)22-4-2-1-3-5-22/h1-11,17,26H,12-16,18-19H2,(H,35,36,37,38)/t26-/m0/s1. The van der Waals surface area contributed by atoms with Crippen molar-refractivity contribution in [1.82, 2.24) is 19.9 Å². The summed E-state index contributed by atoms with van der Waals surface area (Å²) in [5, 5.41) is 4.26. The van der Waals surface area contributed by atoms with Crippen LogP contribution in [0.5, 0.6) is 0 Å². The van der Waals surface area contributed by atoms with Gasteiger partial charge in [0.2, 0.25) is 5.95 Å². The number of alkyl halides is 4. The first kappa shape index (κ1) is 27.4. The first-order chi connectivity index (χ1) is 19.9. The van der Waals surface area contributed by atoms with E-state index >= 15 is 0 Å². The Kier molecular flexibility index (Phi) is 7.79. The Balaban J connectivity index is 1.20. The van der Waals surface area contributed by atoms with Crippen LogP contribution in [0.3, 0.4) is 0 Å². The third-order valence-electron chi connectivity index (χ3n) is 7.32. The lowest BCUT2D eigenvalue weighted by Gasteiger charge is -2.28. The molecule has 41 heavy (non-hydrogen) atoms. The van der Waals surface area contributed by atoms with Crippen LogP contribution in [-0.2, 0) is 36.4 Å². The number of hydroxylamine groups is 1. The van der Waals surface area contributed by atoms with Gasteiger partial charge in [-0.2, -0.15) is 18.2 Å². The Morgan fingerprint density at radius 3 is 2.51 bits per heavy atom. The second-order valence-corrected chi connectivity index (χ2v) is 10.4. The van der Waals surface area contributed by atoms with Gasteiger partial charge < -0.3 is 5.32 Å². The molecule has 0 unspecified atom stereocenters. The summed E-state index contributed by atoms with van der Waals surface area (Å²) >= 11 is 5.90. The Morgan fingerprint density at radius 1 is 0.976 bits per heavy atom. The Morgan fingerprint density at radius 2 is 1.76 bits per heavy atom. The second-order valence-electron chi connectivity index (χ2n) is 10.1. The predicted octanol–water partition coefficient (Wildman–Crippen LogP) is 6.81. The van der Waals surface area contributed by atoms with Crippen molar-refractivity contribution in [3.63, 3.8) is 0 Å². The molecule has 0 bridgehead atoms. The van der Waals surface area contributed by atoms with Crippen molar-refractivity contribution >= 4 is 29.2 Å². The van der Waals surface area contributed by atoms with Gasteiger partial charge >= 0.3 is 6.18 Å². The summed E-state index contributed by atoms with van der Waals surface area (Å²) in [5.41, 5.74) is 4.27. The van der Waals surface area contributed by atoms with E-state index in [1.54, 1.807) is 6.07 Å². The van der Waals surface area contributed by atoms with Crippen LogP contribution in [0.4, 0.5) is 30.8 Å². The lowest BCUT2D eigenvalue weighted by molar-refractivity contribution is -0.138. The predicted molar refractivity (Wildman–Crippen MR) is 151 cm³/mol. The van der Waals surface area contributed by atoms with E-state index in [4.69, 9.17) is 21.4 Å². The zero-order chi connectivity index (χ0) is 28.4. The summed E-state index contributed by atoms with van der Waals surface area (Å²) in [5.74, 6) is 0.662. The molecule has 6 rings (SSSR count). The number of nitrogens with zero attached hydrogens (tertiary/aromatic N) is 5. The second kappa shape index (κ2) is 11.6. The number of halogens is 4. The van der Waals surface area contributed by atoms with E-state index in [0.29, 0.717) is 18.1 Å².